The molecule has 2 aromatic carbocycles. The fourth-order valence-electron chi connectivity index (χ4n) is 1.84. The maximum Gasteiger partial charge on any atom is 0.335 e. The number of aromatic hydroxyl groups is 1. The smallest absolute Gasteiger partial charge is 0.335 e. The van der Waals surface area contributed by atoms with Gasteiger partial charge in [-0.3, -0.25) is 0 Å². The zero-order valence-electron chi connectivity index (χ0n) is 11.0. The van der Waals surface area contributed by atoms with Gasteiger partial charge in [-0.1, -0.05) is 12.1 Å². The van der Waals surface area contributed by atoms with E-state index in [0.29, 0.717) is 18.0 Å². The number of aromatic carboxylic acids is 1. The van der Waals surface area contributed by atoms with Gasteiger partial charge < -0.3 is 20.3 Å². The second kappa shape index (κ2) is 5.97. The predicted molar refractivity (Wildman–Crippen MR) is 75.4 cm³/mol. The van der Waals surface area contributed by atoms with Crippen molar-refractivity contribution in [1.82, 2.24) is 0 Å². The number of benzene rings is 2. The van der Waals surface area contributed by atoms with Gasteiger partial charge in [-0.15, -0.1) is 0 Å². The summed E-state index contributed by atoms with van der Waals surface area (Å²) in [7, 11) is 1.52. The van der Waals surface area contributed by atoms with Crippen LogP contribution in [0, 0.1) is 0 Å². The Morgan fingerprint density at radius 3 is 2.70 bits per heavy atom. The monoisotopic (exact) mass is 273 g/mol. The predicted octanol–water partition coefficient (Wildman–Crippen LogP) is 2.71. The number of rotatable bonds is 5. The van der Waals surface area contributed by atoms with Crippen molar-refractivity contribution in [3.8, 4) is 11.5 Å². The summed E-state index contributed by atoms with van der Waals surface area (Å²) in [6.07, 6.45) is 0. The molecule has 0 radical (unpaired) electrons. The number of hydrogen-bond acceptors (Lipinski definition) is 4. The Hall–Kier alpha value is -2.69. The lowest BCUT2D eigenvalue weighted by Gasteiger charge is -2.12. The van der Waals surface area contributed by atoms with Gasteiger partial charge in [0, 0.05) is 6.54 Å². The van der Waals surface area contributed by atoms with Crippen LogP contribution in [0.1, 0.15) is 15.9 Å². The first-order valence-corrected chi connectivity index (χ1v) is 6.03. The molecule has 0 saturated carbocycles. The minimum Gasteiger partial charge on any atom is -0.508 e. The highest BCUT2D eigenvalue weighted by atomic mass is 16.5. The number of carboxylic acid groups (broad SMARTS) is 1. The molecule has 2 rings (SSSR count). The lowest BCUT2D eigenvalue weighted by atomic mass is 10.1. The quantitative estimate of drug-likeness (QED) is 0.780. The maximum absolute atomic E-state index is 11.0. The number of phenols is 1. The summed E-state index contributed by atoms with van der Waals surface area (Å²) >= 11 is 0. The third-order valence-electron chi connectivity index (χ3n) is 2.84. The minimum absolute atomic E-state index is 0.184. The largest absolute Gasteiger partial charge is 0.508 e. The number of methoxy groups -OCH3 is 1. The summed E-state index contributed by atoms with van der Waals surface area (Å²) < 4.78 is 5.19. The summed E-state index contributed by atoms with van der Waals surface area (Å²) in [5.74, 6) is -0.237. The summed E-state index contributed by atoms with van der Waals surface area (Å²) in [5, 5.41) is 21.5. The van der Waals surface area contributed by atoms with Crippen LogP contribution in [-0.2, 0) is 6.54 Å². The lowest BCUT2D eigenvalue weighted by molar-refractivity contribution is 0.0697. The van der Waals surface area contributed by atoms with Crippen LogP contribution in [0.25, 0.3) is 0 Å². The number of ether oxygens (including phenoxy) is 1. The minimum atomic E-state index is -0.993. The van der Waals surface area contributed by atoms with Gasteiger partial charge in [-0.25, -0.2) is 4.79 Å². The van der Waals surface area contributed by atoms with Crippen LogP contribution in [-0.4, -0.2) is 23.3 Å². The first-order valence-electron chi connectivity index (χ1n) is 6.03. The SMILES string of the molecule is COc1ccc(C(=O)O)cc1NCc1cccc(O)c1. The molecule has 5 nitrogen and oxygen atoms in total. The Bertz CT molecular complexity index is 625. The molecule has 0 aromatic heterocycles. The van der Waals surface area contributed by atoms with E-state index in [1.54, 1.807) is 24.3 Å². The molecule has 0 unspecified atom stereocenters. The zero-order valence-corrected chi connectivity index (χ0v) is 11.0. The van der Waals surface area contributed by atoms with Crippen molar-refractivity contribution in [1.29, 1.82) is 0 Å². The van der Waals surface area contributed by atoms with Crippen LogP contribution in [0.2, 0.25) is 0 Å². The van der Waals surface area contributed by atoms with Crippen molar-refractivity contribution in [2.75, 3.05) is 12.4 Å². The number of anilines is 1. The molecular weight excluding hydrogens is 258 g/mol. The Morgan fingerprint density at radius 2 is 2.05 bits per heavy atom. The molecule has 5 heteroatoms. The Morgan fingerprint density at radius 1 is 1.25 bits per heavy atom. The highest BCUT2D eigenvalue weighted by Gasteiger charge is 2.08. The number of phenolic OH excluding ortho intramolecular Hbond substituents is 1. The van der Waals surface area contributed by atoms with Crippen molar-refractivity contribution >= 4 is 11.7 Å². The molecule has 2 aromatic rings. The fourth-order valence-corrected chi connectivity index (χ4v) is 1.84. The van der Waals surface area contributed by atoms with Gasteiger partial charge in [-0.2, -0.15) is 0 Å². The van der Waals surface area contributed by atoms with Crippen molar-refractivity contribution in [2.45, 2.75) is 6.54 Å². The standard InChI is InChI=1S/C15H15NO4/c1-20-14-6-5-11(15(18)19)8-13(14)16-9-10-3-2-4-12(17)7-10/h2-8,16-17H,9H2,1H3,(H,18,19). The number of carbonyl (C=O) groups is 1. The summed E-state index contributed by atoms with van der Waals surface area (Å²) in [4.78, 5) is 11.0. The molecule has 0 bridgehead atoms. The van der Waals surface area contributed by atoms with Gasteiger partial charge in [0.1, 0.15) is 11.5 Å². The van der Waals surface area contributed by atoms with E-state index in [2.05, 4.69) is 5.32 Å². The Labute approximate surface area is 116 Å². The number of hydrogen-bond donors (Lipinski definition) is 3. The van der Waals surface area contributed by atoms with Crippen LogP contribution >= 0.6 is 0 Å². The molecule has 0 aliphatic rings. The molecule has 0 aliphatic heterocycles. The molecule has 0 fully saturated rings. The highest BCUT2D eigenvalue weighted by Crippen LogP contribution is 2.26. The zero-order chi connectivity index (χ0) is 14.5. The van der Waals surface area contributed by atoms with Gasteiger partial charge in [0.05, 0.1) is 18.4 Å². The average molecular weight is 273 g/mol. The molecule has 0 heterocycles. The number of carboxylic acids is 1. The highest BCUT2D eigenvalue weighted by molar-refractivity contribution is 5.89. The van der Waals surface area contributed by atoms with Crippen LogP contribution in [0.3, 0.4) is 0 Å². The van der Waals surface area contributed by atoms with E-state index in [1.165, 1.54) is 19.2 Å². The van der Waals surface area contributed by atoms with Crippen LogP contribution in [0.15, 0.2) is 42.5 Å². The Balaban J connectivity index is 2.19. The van der Waals surface area contributed by atoms with Crippen LogP contribution in [0.5, 0.6) is 11.5 Å². The molecule has 0 atom stereocenters. The second-order valence-corrected chi connectivity index (χ2v) is 4.24. The molecule has 20 heavy (non-hydrogen) atoms. The molecule has 0 aliphatic carbocycles. The maximum atomic E-state index is 11.0. The van der Waals surface area contributed by atoms with Crippen LogP contribution < -0.4 is 10.1 Å². The summed E-state index contributed by atoms with van der Waals surface area (Å²) in [5.41, 5.74) is 1.66. The topological polar surface area (TPSA) is 78.8 Å². The molecule has 104 valence electrons. The third-order valence-corrected chi connectivity index (χ3v) is 2.84. The van der Waals surface area contributed by atoms with Gasteiger partial charge >= 0.3 is 5.97 Å². The fraction of sp³-hybridized carbons (Fsp3) is 0.133. The van der Waals surface area contributed by atoms with E-state index >= 15 is 0 Å². The van der Waals surface area contributed by atoms with E-state index in [4.69, 9.17) is 9.84 Å². The van der Waals surface area contributed by atoms with E-state index in [9.17, 15) is 9.90 Å². The van der Waals surface area contributed by atoms with E-state index < -0.39 is 5.97 Å². The van der Waals surface area contributed by atoms with Gasteiger partial charge in [-0.05, 0) is 35.9 Å². The number of nitrogens with one attached hydrogen (secondary N) is 1. The summed E-state index contributed by atoms with van der Waals surface area (Å²) in [6, 6.07) is 11.5. The second-order valence-electron chi connectivity index (χ2n) is 4.24. The van der Waals surface area contributed by atoms with Gasteiger partial charge in [0.25, 0.3) is 0 Å². The van der Waals surface area contributed by atoms with E-state index in [-0.39, 0.29) is 11.3 Å². The molecular formula is C15H15NO4. The average Bonchev–Trinajstić information content (AvgIpc) is 2.44. The molecule has 0 saturated heterocycles. The van der Waals surface area contributed by atoms with Gasteiger partial charge in [0.15, 0.2) is 0 Å². The lowest BCUT2D eigenvalue weighted by Crippen LogP contribution is -2.04. The molecule has 0 spiro atoms. The third kappa shape index (κ3) is 3.20. The van der Waals surface area contributed by atoms with Crippen molar-refractivity contribution in [3.05, 3.63) is 53.6 Å². The normalized spacial score (nSPS) is 10.1. The molecule has 0 amide bonds. The van der Waals surface area contributed by atoms with Crippen molar-refractivity contribution in [2.24, 2.45) is 0 Å². The van der Waals surface area contributed by atoms with Crippen molar-refractivity contribution in [3.63, 3.8) is 0 Å². The first-order chi connectivity index (χ1) is 9.60. The van der Waals surface area contributed by atoms with Crippen molar-refractivity contribution < 1.29 is 19.7 Å². The van der Waals surface area contributed by atoms with Crippen LogP contribution in [0.4, 0.5) is 5.69 Å². The molecule has 3 N–H and O–H groups in total. The van der Waals surface area contributed by atoms with E-state index in [0.717, 1.165) is 5.56 Å². The summed E-state index contributed by atoms with van der Waals surface area (Å²) in [6.45, 7) is 0.452. The Kier molecular flexibility index (Phi) is 4.10. The first kappa shape index (κ1) is 13.7. The van der Waals surface area contributed by atoms with E-state index in [1.807, 2.05) is 6.07 Å². The van der Waals surface area contributed by atoms with Gasteiger partial charge in [0.2, 0.25) is 0 Å².